The van der Waals surface area contributed by atoms with Crippen molar-refractivity contribution in [2.24, 2.45) is 17.1 Å². The fourth-order valence-electron chi connectivity index (χ4n) is 3.96. The molecule has 12 heteroatoms. The highest BCUT2D eigenvalue weighted by molar-refractivity contribution is 7.80. The summed E-state index contributed by atoms with van der Waals surface area (Å²) < 4.78 is 60.7. The first-order valence-electron chi connectivity index (χ1n) is 10.2. The molecule has 0 saturated heterocycles. The molecule has 0 aliphatic heterocycles. The maximum atomic E-state index is 14.2. The van der Waals surface area contributed by atoms with Crippen molar-refractivity contribution in [2.75, 3.05) is 12.4 Å². The number of methoxy groups -OCH3 is 1. The van der Waals surface area contributed by atoms with E-state index in [1.165, 1.54) is 11.3 Å². The second-order valence-corrected chi connectivity index (χ2v) is 10.5. The number of thiocarbonyl (C=S) groups is 1. The van der Waals surface area contributed by atoms with Crippen LogP contribution >= 0.6 is 23.6 Å². The molecule has 6 nitrogen and oxygen atoms in total. The number of thiophene rings is 1. The normalized spacial score (nSPS) is 15.5. The molecule has 2 amide bonds. The number of amides is 2. The van der Waals surface area contributed by atoms with Gasteiger partial charge in [-0.25, -0.2) is 8.78 Å². The smallest absolute Gasteiger partial charge is 0.263 e. The van der Waals surface area contributed by atoms with Crippen LogP contribution in [-0.2, 0) is 12.8 Å². The number of nitrogens with two attached hydrogens (primary N) is 1. The number of rotatable bonds is 4. The number of carbonyl (C=O) groups excluding carboxylic acids is 2. The molecule has 2 aromatic rings. The minimum absolute atomic E-state index is 0.0580. The summed E-state index contributed by atoms with van der Waals surface area (Å²) >= 11 is 6.28. The molecule has 1 heterocycles. The number of primary amides is 1. The molecule has 1 atom stereocenters. The number of anilines is 1. The minimum atomic E-state index is -1.94. The van der Waals surface area contributed by atoms with Crippen LogP contribution in [0.25, 0.3) is 0 Å². The third kappa shape index (κ3) is 4.74. The quantitative estimate of drug-likeness (QED) is 0.311. The van der Waals surface area contributed by atoms with Gasteiger partial charge in [0, 0.05) is 4.88 Å². The first kappa shape index (κ1) is 25.9. The van der Waals surface area contributed by atoms with E-state index in [-0.39, 0.29) is 16.0 Å². The fraction of sp³-hybridized carbons (Fsp3) is 0.409. The van der Waals surface area contributed by atoms with E-state index in [4.69, 9.17) is 18.0 Å². The Morgan fingerprint density at radius 2 is 1.68 bits per heavy atom. The van der Waals surface area contributed by atoms with Crippen LogP contribution in [0.2, 0.25) is 0 Å². The van der Waals surface area contributed by atoms with Crippen LogP contribution in [0, 0.1) is 34.6 Å². The summed E-state index contributed by atoms with van der Waals surface area (Å²) in [6.45, 7) is 6.41. The highest BCUT2D eigenvalue weighted by atomic mass is 32.1. The topological polar surface area (TPSA) is 93.4 Å². The summed E-state index contributed by atoms with van der Waals surface area (Å²) in [7, 11) is 0.819. The molecule has 0 radical (unpaired) electrons. The molecule has 1 aliphatic carbocycles. The third-order valence-corrected chi connectivity index (χ3v) is 7.22. The SMILES string of the molecule is COc1c(F)c(F)c(C(=O)NC(=S)Nc2sc3c(c2C(N)=O)CCC(C(C)(C)C)C3)c(F)c1F. The van der Waals surface area contributed by atoms with Gasteiger partial charge in [-0.3, -0.25) is 14.9 Å². The molecule has 0 fully saturated rings. The van der Waals surface area contributed by atoms with Gasteiger partial charge < -0.3 is 15.8 Å². The predicted octanol–water partition coefficient (Wildman–Crippen LogP) is 4.69. The Morgan fingerprint density at radius 3 is 2.18 bits per heavy atom. The van der Waals surface area contributed by atoms with E-state index in [1.807, 2.05) is 5.32 Å². The van der Waals surface area contributed by atoms with Crippen molar-refractivity contribution in [1.82, 2.24) is 5.32 Å². The Bertz CT molecular complexity index is 1160. The molecule has 0 spiro atoms. The van der Waals surface area contributed by atoms with Crippen LogP contribution in [0.1, 0.15) is 58.3 Å². The standard InChI is InChI=1S/C22H23F4N3O3S2/c1-22(2,3)8-5-6-9-10(7-8)34-20(11(9)18(27)30)29-21(33)28-19(31)12-13(23)15(25)17(32-4)16(26)14(12)24/h8H,5-7H2,1-4H3,(H2,27,30)(H2,28,29,31,33). The van der Waals surface area contributed by atoms with Gasteiger partial charge in [0.2, 0.25) is 11.6 Å². The van der Waals surface area contributed by atoms with Crippen molar-refractivity contribution >= 4 is 45.5 Å². The number of fused-ring (bicyclic) bond motifs is 1. The van der Waals surface area contributed by atoms with E-state index >= 15 is 0 Å². The molecule has 184 valence electrons. The van der Waals surface area contributed by atoms with Crippen LogP contribution in [0.5, 0.6) is 5.75 Å². The average Bonchev–Trinajstić information content (AvgIpc) is 3.09. The fourth-order valence-corrected chi connectivity index (χ4v) is 5.56. The monoisotopic (exact) mass is 517 g/mol. The van der Waals surface area contributed by atoms with E-state index in [0.29, 0.717) is 12.3 Å². The summed E-state index contributed by atoms with van der Waals surface area (Å²) in [5.74, 6) is -10.7. The van der Waals surface area contributed by atoms with Gasteiger partial charge >= 0.3 is 0 Å². The maximum Gasteiger partial charge on any atom is 0.263 e. The molecule has 1 aromatic carbocycles. The average molecular weight is 518 g/mol. The number of hydrogen-bond acceptors (Lipinski definition) is 5. The zero-order valence-corrected chi connectivity index (χ0v) is 20.5. The number of hydrogen-bond donors (Lipinski definition) is 3. The summed E-state index contributed by atoms with van der Waals surface area (Å²) in [6, 6.07) is 0. The Hall–Kier alpha value is -2.73. The van der Waals surface area contributed by atoms with E-state index in [9.17, 15) is 27.2 Å². The summed E-state index contributed by atoms with van der Waals surface area (Å²) in [5, 5.41) is 4.47. The van der Waals surface area contributed by atoms with Gasteiger partial charge in [0.1, 0.15) is 10.6 Å². The van der Waals surface area contributed by atoms with Crippen LogP contribution in [0.4, 0.5) is 22.6 Å². The van der Waals surface area contributed by atoms with Gasteiger partial charge in [0.15, 0.2) is 22.5 Å². The van der Waals surface area contributed by atoms with E-state index in [0.717, 1.165) is 30.4 Å². The Morgan fingerprint density at radius 1 is 1.09 bits per heavy atom. The highest BCUT2D eigenvalue weighted by Crippen LogP contribution is 2.44. The molecule has 34 heavy (non-hydrogen) atoms. The molecule has 1 aromatic heterocycles. The predicted molar refractivity (Wildman–Crippen MR) is 124 cm³/mol. The van der Waals surface area contributed by atoms with Gasteiger partial charge in [-0.05, 0) is 48.4 Å². The number of halogens is 4. The van der Waals surface area contributed by atoms with Crippen molar-refractivity contribution in [3.05, 3.63) is 44.8 Å². The molecule has 1 unspecified atom stereocenters. The van der Waals surface area contributed by atoms with Crippen LogP contribution < -0.4 is 21.1 Å². The van der Waals surface area contributed by atoms with E-state index in [2.05, 4.69) is 30.8 Å². The number of carbonyl (C=O) groups is 2. The van der Waals surface area contributed by atoms with E-state index < -0.39 is 51.5 Å². The molecule has 1 aliphatic rings. The zero-order valence-electron chi connectivity index (χ0n) is 18.8. The van der Waals surface area contributed by atoms with Gasteiger partial charge in [-0.15, -0.1) is 11.3 Å². The summed E-state index contributed by atoms with van der Waals surface area (Å²) in [6.07, 6.45) is 2.22. The van der Waals surface area contributed by atoms with Crippen molar-refractivity contribution in [3.8, 4) is 5.75 Å². The van der Waals surface area contributed by atoms with Crippen LogP contribution in [-0.4, -0.2) is 24.0 Å². The second-order valence-electron chi connectivity index (χ2n) is 8.95. The Labute approximate surface area is 202 Å². The van der Waals surface area contributed by atoms with Gasteiger partial charge in [0.05, 0.1) is 12.7 Å². The molecule has 0 saturated carbocycles. The van der Waals surface area contributed by atoms with Crippen molar-refractivity contribution in [2.45, 2.75) is 40.0 Å². The Kier molecular flexibility index (Phi) is 7.23. The lowest BCUT2D eigenvalue weighted by Gasteiger charge is -2.33. The van der Waals surface area contributed by atoms with Gasteiger partial charge in [0.25, 0.3) is 11.8 Å². The lowest BCUT2D eigenvalue weighted by molar-refractivity contribution is 0.0964. The lowest BCUT2D eigenvalue weighted by atomic mass is 9.72. The molecule has 0 bridgehead atoms. The first-order chi connectivity index (χ1) is 15.8. The second kappa shape index (κ2) is 9.49. The lowest BCUT2D eigenvalue weighted by Crippen LogP contribution is -2.36. The minimum Gasteiger partial charge on any atom is -0.491 e. The number of ether oxygens (including phenoxy) is 1. The summed E-state index contributed by atoms with van der Waals surface area (Å²) in [4.78, 5) is 25.5. The zero-order chi connectivity index (χ0) is 25.5. The van der Waals surface area contributed by atoms with Crippen LogP contribution in [0.3, 0.4) is 0 Å². The first-order valence-corrected chi connectivity index (χ1v) is 11.5. The van der Waals surface area contributed by atoms with Gasteiger partial charge in [-0.1, -0.05) is 20.8 Å². The maximum absolute atomic E-state index is 14.2. The van der Waals surface area contributed by atoms with Crippen molar-refractivity contribution < 1.29 is 31.9 Å². The molecular formula is C22H23F4N3O3S2. The summed E-state index contributed by atoms with van der Waals surface area (Å²) in [5.41, 5.74) is 5.15. The molecule has 4 N–H and O–H groups in total. The van der Waals surface area contributed by atoms with Crippen molar-refractivity contribution in [1.29, 1.82) is 0 Å². The highest BCUT2D eigenvalue weighted by Gasteiger charge is 2.34. The molecular weight excluding hydrogens is 494 g/mol. The number of nitrogens with one attached hydrogen (secondary N) is 2. The van der Waals surface area contributed by atoms with Crippen LogP contribution in [0.15, 0.2) is 0 Å². The third-order valence-electron chi connectivity index (χ3n) is 5.84. The van der Waals surface area contributed by atoms with E-state index in [1.54, 1.807) is 0 Å². The largest absolute Gasteiger partial charge is 0.491 e. The van der Waals surface area contributed by atoms with Gasteiger partial charge in [-0.2, -0.15) is 8.78 Å². The van der Waals surface area contributed by atoms with Crippen molar-refractivity contribution in [3.63, 3.8) is 0 Å². The number of benzene rings is 1. The Balaban J connectivity index is 1.86. The molecule has 3 rings (SSSR count).